The summed E-state index contributed by atoms with van der Waals surface area (Å²) in [4.78, 5) is 13.4. The molecular weight excluding hydrogens is 314 g/mol. The molecule has 0 saturated carbocycles. The van der Waals surface area contributed by atoms with Crippen molar-refractivity contribution in [1.29, 1.82) is 0 Å². The van der Waals surface area contributed by atoms with Crippen LogP contribution in [0.3, 0.4) is 0 Å². The molecule has 0 fully saturated rings. The van der Waals surface area contributed by atoms with E-state index in [-0.39, 0.29) is 11.9 Å². The number of halogens is 2. The van der Waals surface area contributed by atoms with E-state index in [9.17, 15) is 13.6 Å². The third-order valence-electron chi connectivity index (χ3n) is 4.34. The van der Waals surface area contributed by atoms with Crippen molar-refractivity contribution in [3.63, 3.8) is 0 Å². The van der Waals surface area contributed by atoms with Gasteiger partial charge >= 0.3 is 6.09 Å². The van der Waals surface area contributed by atoms with Crippen molar-refractivity contribution in [3.8, 4) is 0 Å². The lowest BCUT2D eigenvalue weighted by Crippen LogP contribution is -2.46. The lowest BCUT2D eigenvalue weighted by atomic mass is 9.88. The molecule has 0 bridgehead atoms. The molecule has 1 aromatic carbocycles. The SMILES string of the molecule is [2H]C([2H])([2H])N(C(=O)OC(C)(C)C)[C@@H]1Cn2ccc3c(F)c(F)cc(c32)[C@@H]1C. The number of rotatable bonds is 1. The molecule has 1 aliphatic rings. The number of aromatic nitrogens is 1. The maximum absolute atomic E-state index is 14.1. The Morgan fingerprint density at radius 1 is 1.46 bits per heavy atom. The van der Waals surface area contributed by atoms with E-state index in [0.717, 1.165) is 11.0 Å². The molecule has 2 aromatic rings. The van der Waals surface area contributed by atoms with Gasteiger partial charge in [0, 0.05) is 35.1 Å². The lowest BCUT2D eigenvalue weighted by molar-refractivity contribution is 0.0181. The van der Waals surface area contributed by atoms with E-state index in [4.69, 9.17) is 8.85 Å². The number of benzene rings is 1. The fourth-order valence-corrected chi connectivity index (χ4v) is 3.19. The molecule has 4 nitrogen and oxygen atoms in total. The molecule has 0 N–H and O–H groups in total. The van der Waals surface area contributed by atoms with Crippen LogP contribution in [0, 0.1) is 11.6 Å². The van der Waals surface area contributed by atoms with Crippen LogP contribution >= 0.6 is 0 Å². The summed E-state index contributed by atoms with van der Waals surface area (Å²) < 4.78 is 58.6. The fraction of sp³-hybridized carbons (Fsp3) is 0.500. The molecule has 130 valence electrons. The molecule has 2 atom stereocenters. The van der Waals surface area contributed by atoms with Crippen molar-refractivity contribution in [1.82, 2.24) is 9.47 Å². The molecule has 24 heavy (non-hydrogen) atoms. The molecule has 0 aliphatic carbocycles. The van der Waals surface area contributed by atoms with Gasteiger partial charge in [-0.2, -0.15) is 0 Å². The van der Waals surface area contributed by atoms with Gasteiger partial charge in [0.05, 0.1) is 11.6 Å². The fourth-order valence-electron chi connectivity index (χ4n) is 3.19. The van der Waals surface area contributed by atoms with Gasteiger partial charge in [0.15, 0.2) is 11.6 Å². The van der Waals surface area contributed by atoms with Crippen LogP contribution in [-0.2, 0) is 11.3 Å². The van der Waals surface area contributed by atoms with E-state index in [2.05, 4.69) is 0 Å². The average Bonchev–Trinajstić information content (AvgIpc) is 2.90. The van der Waals surface area contributed by atoms with Crippen molar-refractivity contribution in [2.75, 3.05) is 6.98 Å². The zero-order chi connectivity index (χ0) is 20.3. The van der Waals surface area contributed by atoms with Crippen LogP contribution in [0.1, 0.15) is 43.3 Å². The highest BCUT2D eigenvalue weighted by Crippen LogP contribution is 2.38. The van der Waals surface area contributed by atoms with Gasteiger partial charge in [-0.05, 0) is 38.5 Å². The molecule has 0 spiro atoms. The summed E-state index contributed by atoms with van der Waals surface area (Å²) in [6, 6.07) is 1.73. The molecule has 1 aromatic heterocycles. The lowest BCUT2D eigenvalue weighted by Gasteiger charge is -2.38. The first kappa shape index (κ1) is 13.2. The maximum atomic E-state index is 14.1. The molecule has 6 heteroatoms. The van der Waals surface area contributed by atoms with E-state index in [1.54, 1.807) is 38.5 Å². The van der Waals surface area contributed by atoms with Crippen LogP contribution in [0.15, 0.2) is 18.3 Å². The van der Waals surface area contributed by atoms with Gasteiger partial charge < -0.3 is 14.2 Å². The summed E-state index contributed by atoms with van der Waals surface area (Å²) in [6.07, 6.45) is 0.608. The Kier molecular flexibility index (Phi) is 3.01. The molecule has 3 rings (SSSR count). The predicted molar refractivity (Wildman–Crippen MR) is 88.1 cm³/mol. The summed E-state index contributed by atoms with van der Waals surface area (Å²) in [5.41, 5.74) is 0.113. The van der Waals surface area contributed by atoms with Crippen LogP contribution < -0.4 is 0 Å². The zero-order valence-electron chi connectivity index (χ0n) is 17.1. The first-order valence-corrected chi connectivity index (χ1v) is 7.80. The number of amides is 1. The van der Waals surface area contributed by atoms with E-state index in [0.29, 0.717) is 11.1 Å². The van der Waals surface area contributed by atoms with Crippen LogP contribution in [0.2, 0.25) is 0 Å². The normalized spacial score (nSPS) is 22.7. The predicted octanol–water partition coefficient (Wildman–Crippen LogP) is 4.27. The van der Waals surface area contributed by atoms with E-state index < -0.39 is 42.3 Å². The minimum Gasteiger partial charge on any atom is -0.444 e. The van der Waals surface area contributed by atoms with Gasteiger partial charge in [0.1, 0.15) is 5.60 Å². The highest BCUT2D eigenvalue weighted by atomic mass is 19.2. The van der Waals surface area contributed by atoms with Crippen LogP contribution in [0.5, 0.6) is 0 Å². The van der Waals surface area contributed by atoms with Crippen LogP contribution in [0.4, 0.5) is 13.6 Å². The Morgan fingerprint density at radius 3 is 2.79 bits per heavy atom. The first-order chi connectivity index (χ1) is 12.3. The summed E-state index contributed by atoms with van der Waals surface area (Å²) in [6.45, 7) is 4.04. The molecule has 1 amide bonds. The van der Waals surface area contributed by atoms with Crippen molar-refractivity contribution in [2.24, 2.45) is 0 Å². The van der Waals surface area contributed by atoms with Crippen LogP contribution in [-0.4, -0.2) is 34.2 Å². The number of carbonyl (C=O) groups is 1. The van der Waals surface area contributed by atoms with Crippen molar-refractivity contribution < 1.29 is 22.4 Å². The van der Waals surface area contributed by atoms with Gasteiger partial charge in [0.25, 0.3) is 0 Å². The number of hydrogen-bond acceptors (Lipinski definition) is 2. The average molecular weight is 339 g/mol. The van der Waals surface area contributed by atoms with Gasteiger partial charge in [-0.3, -0.25) is 0 Å². The molecule has 1 aliphatic heterocycles. The van der Waals surface area contributed by atoms with Crippen molar-refractivity contribution in [2.45, 2.75) is 51.8 Å². The Morgan fingerprint density at radius 2 is 2.17 bits per heavy atom. The van der Waals surface area contributed by atoms with Crippen molar-refractivity contribution in [3.05, 3.63) is 35.5 Å². The third kappa shape index (κ3) is 2.64. The minimum absolute atomic E-state index is 0.139. The topological polar surface area (TPSA) is 34.5 Å². The Labute approximate surface area is 144 Å². The Bertz CT molecular complexity index is 903. The van der Waals surface area contributed by atoms with E-state index in [1.807, 2.05) is 0 Å². The number of likely N-dealkylation sites (N-methyl/N-ethyl adjacent to an activating group) is 1. The summed E-state index contributed by atoms with van der Waals surface area (Å²) in [7, 11) is 0. The second-order valence-corrected chi connectivity index (χ2v) is 7.20. The quantitative estimate of drug-likeness (QED) is 0.777. The molecule has 2 heterocycles. The zero-order valence-corrected chi connectivity index (χ0v) is 14.1. The van der Waals surface area contributed by atoms with Gasteiger partial charge in [-0.1, -0.05) is 6.92 Å². The van der Waals surface area contributed by atoms with Gasteiger partial charge in [-0.15, -0.1) is 0 Å². The minimum atomic E-state index is -2.75. The number of carbonyl (C=O) groups excluding carboxylic acids is 1. The highest BCUT2D eigenvalue weighted by molar-refractivity contribution is 5.85. The van der Waals surface area contributed by atoms with Crippen molar-refractivity contribution >= 4 is 17.0 Å². The molecular formula is C18H22F2N2O2. The maximum Gasteiger partial charge on any atom is 0.410 e. The van der Waals surface area contributed by atoms with Gasteiger partial charge in [-0.25, -0.2) is 13.6 Å². The first-order valence-electron chi connectivity index (χ1n) is 9.30. The third-order valence-corrected chi connectivity index (χ3v) is 4.34. The number of nitrogens with zero attached hydrogens (tertiary/aromatic N) is 2. The molecule has 0 radical (unpaired) electrons. The smallest absolute Gasteiger partial charge is 0.410 e. The Balaban J connectivity index is 2.08. The monoisotopic (exact) mass is 339 g/mol. The molecule has 0 saturated heterocycles. The summed E-state index contributed by atoms with van der Waals surface area (Å²) in [5, 5.41) is 0.146. The standard InChI is InChI=1S/C18H22F2N2O2/c1-10-12-8-13(19)15(20)11-6-7-22(16(11)12)9-14(10)21(5)17(23)24-18(2,3)4/h6-8,10,14H,9H2,1-5H3/t10-,14+/m0/s1/i5D3. The highest BCUT2D eigenvalue weighted by Gasteiger charge is 2.35. The second kappa shape index (κ2) is 5.46. The molecule has 0 unspecified atom stereocenters. The second-order valence-electron chi connectivity index (χ2n) is 7.20. The summed E-state index contributed by atoms with van der Waals surface area (Å²) in [5.74, 6) is -2.46. The Hall–Kier alpha value is -2.11. The van der Waals surface area contributed by atoms with E-state index in [1.165, 1.54) is 6.07 Å². The number of hydrogen-bond donors (Lipinski definition) is 0. The number of ether oxygens (including phenoxy) is 1. The van der Waals surface area contributed by atoms with Gasteiger partial charge in [0.2, 0.25) is 0 Å². The van der Waals surface area contributed by atoms with Crippen LogP contribution in [0.25, 0.3) is 10.9 Å². The van der Waals surface area contributed by atoms with E-state index >= 15 is 0 Å². The summed E-state index contributed by atoms with van der Waals surface area (Å²) >= 11 is 0. The largest absolute Gasteiger partial charge is 0.444 e.